The van der Waals surface area contributed by atoms with Gasteiger partial charge in [-0.15, -0.1) is 0 Å². The molecule has 0 saturated carbocycles. The molecule has 1 unspecified atom stereocenters. The zero-order valence-electron chi connectivity index (χ0n) is 19.5. The van der Waals surface area contributed by atoms with Gasteiger partial charge in [0.15, 0.2) is 0 Å². The highest BCUT2D eigenvalue weighted by atomic mass is 19.1. The number of Topliss-reactive ketones (excluding diaryl/α,β-unsaturated/α-hetero) is 1. The first-order valence-corrected chi connectivity index (χ1v) is 11.2. The minimum absolute atomic E-state index is 0.0716. The van der Waals surface area contributed by atoms with E-state index in [1.807, 2.05) is 37.3 Å². The Labute approximate surface area is 203 Å². The van der Waals surface area contributed by atoms with E-state index in [-0.39, 0.29) is 30.0 Å². The minimum atomic E-state index is -1.07. The van der Waals surface area contributed by atoms with Crippen molar-refractivity contribution in [3.8, 4) is 5.75 Å². The number of carbonyl (C=O) groups excluding carboxylic acids is 2. The van der Waals surface area contributed by atoms with Crippen LogP contribution >= 0.6 is 0 Å². The van der Waals surface area contributed by atoms with E-state index in [0.29, 0.717) is 17.9 Å². The van der Waals surface area contributed by atoms with E-state index < -0.39 is 23.5 Å². The highest BCUT2D eigenvalue weighted by Crippen LogP contribution is 2.40. The number of ketones is 1. The maximum absolute atomic E-state index is 14.8. The summed E-state index contributed by atoms with van der Waals surface area (Å²) in [6.45, 7) is 2.43. The van der Waals surface area contributed by atoms with Crippen LogP contribution in [0.3, 0.4) is 0 Å². The van der Waals surface area contributed by atoms with E-state index in [4.69, 9.17) is 9.47 Å². The summed E-state index contributed by atoms with van der Waals surface area (Å²) in [6, 6.07) is 19.5. The average Bonchev–Trinajstić information content (AvgIpc) is 3.11. The van der Waals surface area contributed by atoms with Crippen LogP contribution in [0.5, 0.6) is 5.75 Å². The highest BCUT2D eigenvalue weighted by molar-refractivity contribution is 6.46. The molecule has 0 bridgehead atoms. The Hall–Kier alpha value is -3.97. The van der Waals surface area contributed by atoms with Gasteiger partial charge in [-0.3, -0.25) is 9.59 Å². The van der Waals surface area contributed by atoms with Gasteiger partial charge in [0.1, 0.15) is 23.9 Å². The first kappa shape index (κ1) is 24.2. The van der Waals surface area contributed by atoms with Crippen LogP contribution in [0.15, 0.2) is 78.4 Å². The second-order valence-corrected chi connectivity index (χ2v) is 8.26. The Bertz CT molecular complexity index is 1270. The third-order valence-corrected chi connectivity index (χ3v) is 5.96. The number of aliphatic hydroxyl groups is 1. The number of aliphatic hydroxyl groups excluding tert-OH is 1. The van der Waals surface area contributed by atoms with Crippen LogP contribution in [0.4, 0.5) is 4.39 Å². The molecule has 1 atom stereocenters. The largest absolute Gasteiger partial charge is 0.507 e. The lowest BCUT2D eigenvalue weighted by atomic mass is 9.94. The smallest absolute Gasteiger partial charge is 0.295 e. The summed E-state index contributed by atoms with van der Waals surface area (Å²) >= 11 is 0. The molecule has 1 N–H and O–H groups in total. The molecule has 0 radical (unpaired) electrons. The van der Waals surface area contributed by atoms with Gasteiger partial charge in [-0.1, -0.05) is 48.5 Å². The van der Waals surface area contributed by atoms with Gasteiger partial charge in [0, 0.05) is 24.8 Å². The maximum atomic E-state index is 14.8. The molecule has 3 aromatic rings. The van der Waals surface area contributed by atoms with Crippen LogP contribution in [0.1, 0.15) is 28.3 Å². The fraction of sp³-hybridized carbons (Fsp3) is 0.214. The maximum Gasteiger partial charge on any atom is 0.295 e. The molecule has 180 valence electrons. The van der Waals surface area contributed by atoms with Gasteiger partial charge in [-0.25, -0.2) is 4.39 Å². The number of rotatable bonds is 8. The van der Waals surface area contributed by atoms with E-state index in [2.05, 4.69) is 0 Å². The Balaban J connectivity index is 1.71. The molecule has 3 aromatic carbocycles. The number of amides is 1. The van der Waals surface area contributed by atoms with Crippen molar-refractivity contribution in [3.63, 3.8) is 0 Å². The molecule has 1 fully saturated rings. The first-order valence-electron chi connectivity index (χ1n) is 11.2. The Kier molecular flexibility index (Phi) is 7.27. The predicted octanol–water partition coefficient (Wildman–Crippen LogP) is 4.78. The monoisotopic (exact) mass is 475 g/mol. The van der Waals surface area contributed by atoms with E-state index in [1.165, 1.54) is 30.2 Å². The number of benzene rings is 3. The van der Waals surface area contributed by atoms with Crippen LogP contribution in [0, 0.1) is 12.7 Å². The Morgan fingerprint density at radius 1 is 1.03 bits per heavy atom. The molecule has 1 aliphatic heterocycles. The van der Waals surface area contributed by atoms with Gasteiger partial charge in [0.05, 0.1) is 18.2 Å². The van der Waals surface area contributed by atoms with Crippen LogP contribution in [-0.4, -0.2) is 42.0 Å². The van der Waals surface area contributed by atoms with Crippen molar-refractivity contribution in [3.05, 3.63) is 106 Å². The minimum Gasteiger partial charge on any atom is -0.507 e. The third-order valence-electron chi connectivity index (χ3n) is 5.96. The van der Waals surface area contributed by atoms with Gasteiger partial charge < -0.3 is 19.5 Å². The molecule has 0 aliphatic carbocycles. The average molecular weight is 476 g/mol. The van der Waals surface area contributed by atoms with Crippen molar-refractivity contribution in [2.45, 2.75) is 19.6 Å². The molecule has 35 heavy (non-hydrogen) atoms. The molecule has 1 saturated heterocycles. The summed E-state index contributed by atoms with van der Waals surface area (Å²) < 4.78 is 25.7. The number of methoxy groups -OCH3 is 1. The van der Waals surface area contributed by atoms with Gasteiger partial charge >= 0.3 is 0 Å². The molecule has 1 amide bonds. The number of hydrogen-bond donors (Lipinski definition) is 1. The summed E-state index contributed by atoms with van der Waals surface area (Å²) in [6.07, 6.45) is 0. The summed E-state index contributed by atoms with van der Waals surface area (Å²) in [5, 5.41) is 11.2. The van der Waals surface area contributed by atoms with Gasteiger partial charge in [-0.2, -0.15) is 0 Å². The van der Waals surface area contributed by atoms with Crippen LogP contribution in [0.25, 0.3) is 5.76 Å². The number of halogens is 1. The SMILES string of the molecule is COCCN1C(=O)C(=O)/C(=C(/O)c2ccc(OCc3ccccc3)c(C)c2)C1c1ccccc1F. The lowest BCUT2D eigenvalue weighted by Gasteiger charge is -2.25. The van der Waals surface area contributed by atoms with Crippen molar-refractivity contribution < 1.29 is 28.6 Å². The number of ether oxygens (including phenoxy) is 2. The van der Waals surface area contributed by atoms with E-state index >= 15 is 0 Å². The summed E-state index contributed by atoms with van der Waals surface area (Å²) in [5.41, 5.74) is 2.05. The third kappa shape index (κ3) is 4.95. The lowest BCUT2D eigenvalue weighted by Crippen LogP contribution is -2.33. The Morgan fingerprint density at radius 2 is 1.74 bits per heavy atom. The van der Waals surface area contributed by atoms with Crippen molar-refractivity contribution in [2.75, 3.05) is 20.3 Å². The fourth-order valence-corrected chi connectivity index (χ4v) is 4.17. The van der Waals surface area contributed by atoms with Crippen molar-refractivity contribution in [1.82, 2.24) is 4.90 Å². The quantitative estimate of drug-likeness (QED) is 0.288. The fourth-order valence-electron chi connectivity index (χ4n) is 4.17. The predicted molar refractivity (Wildman–Crippen MR) is 129 cm³/mol. The topological polar surface area (TPSA) is 76.1 Å². The van der Waals surface area contributed by atoms with Crippen LogP contribution in [0.2, 0.25) is 0 Å². The first-order chi connectivity index (χ1) is 16.9. The normalized spacial score (nSPS) is 17.1. The summed E-state index contributed by atoms with van der Waals surface area (Å²) in [4.78, 5) is 27.1. The molecule has 0 spiro atoms. The standard InChI is InChI=1S/C28H26FNO5/c1-18-16-20(12-13-23(18)35-17-19-8-4-3-5-9-19)26(31)24-25(21-10-6-7-11-22(21)29)30(14-15-34-2)28(33)27(24)32/h3-13,16,25,31H,14-15,17H2,1-2H3/b26-24+. The molecule has 1 heterocycles. The van der Waals surface area contributed by atoms with Gasteiger partial charge in [0.2, 0.25) is 0 Å². The van der Waals surface area contributed by atoms with E-state index in [0.717, 1.165) is 11.1 Å². The lowest BCUT2D eigenvalue weighted by molar-refractivity contribution is -0.140. The van der Waals surface area contributed by atoms with Crippen molar-refractivity contribution >= 4 is 17.4 Å². The van der Waals surface area contributed by atoms with Crippen molar-refractivity contribution in [2.24, 2.45) is 0 Å². The number of aryl methyl sites for hydroxylation is 1. The molecule has 4 rings (SSSR count). The number of carbonyl (C=O) groups is 2. The van der Waals surface area contributed by atoms with Gasteiger partial charge in [-0.05, 0) is 42.3 Å². The molecular formula is C28H26FNO5. The number of nitrogens with zero attached hydrogens (tertiary/aromatic N) is 1. The summed E-state index contributed by atoms with van der Waals surface area (Å²) in [5.74, 6) is -2.00. The second kappa shape index (κ2) is 10.5. The Morgan fingerprint density at radius 3 is 2.43 bits per heavy atom. The van der Waals surface area contributed by atoms with E-state index in [9.17, 15) is 19.1 Å². The second-order valence-electron chi connectivity index (χ2n) is 8.26. The van der Waals surface area contributed by atoms with Crippen LogP contribution in [-0.2, 0) is 20.9 Å². The summed E-state index contributed by atoms with van der Waals surface area (Å²) in [7, 11) is 1.47. The molecular weight excluding hydrogens is 449 g/mol. The molecule has 0 aromatic heterocycles. The zero-order valence-corrected chi connectivity index (χ0v) is 19.5. The highest BCUT2D eigenvalue weighted by Gasteiger charge is 2.46. The zero-order chi connectivity index (χ0) is 24.9. The molecule has 7 heteroatoms. The van der Waals surface area contributed by atoms with Crippen molar-refractivity contribution in [1.29, 1.82) is 0 Å². The molecule has 6 nitrogen and oxygen atoms in total. The molecule has 1 aliphatic rings. The van der Waals surface area contributed by atoms with Gasteiger partial charge in [0.25, 0.3) is 11.7 Å². The number of hydrogen-bond acceptors (Lipinski definition) is 5. The van der Waals surface area contributed by atoms with E-state index in [1.54, 1.807) is 24.3 Å². The number of likely N-dealkylation sites (tertiary alicyclic amines) is 1. The van der Waals surface area contributed by atoms with Crippen LogP contribution < -0.4 is 4.74 Å².